The van der Waals surface area contributed by atoms with Gasteiger partial charge in [-0.05, 0) is 31.2 Å². The molecule has 0 aromatic carbocycles. The lowest BCUT2D eigenvalue weighted by molar-refractivity contribution is 0.576. The van der Waals surface area contributed by atoms with E-state index in [4.69, 9.17) is 0 Å². The minimum absolute atomic E-state index is 0.172. The summed E-state index contributed by atoms with van der Waals surface area (Å²) in [6.45, 7) is 3.48. The summed E-state index contributed by atoms with van der Waals surface area (Å²) in [5, 5.41) is 7.03. The van der Waals surface area contributed by atoms with Crippen molar-refractivity contribution in [3.63, 3.8) is 0 Å². The molecule has 2 heterocycles. The molecular formula is C13H19N5O2S. The molecule has 0 saturated heterocycles. The highest BCUT2D eigenvalue weighted by Crippen LogP contribution is 2.10. The molecule has 0 unspecified atom stereocenters. The number of aromatic nitrogens is 3. The fraction of sp³-hybridized carbons (Fsp3) is 0.385. The van der Waals surface area contributed by atoms with Gasteiger partial charge in [-0.15, -0.1) is 0 Å². The SMILES string of the molecule is CNCCn1cc(S(=O)(=O)NCc2ccncc2C)cn1. The molecular weight excluding hydrogens is 290 g/mol. The molecule has 0 saturated carbocycles. The van der Waals surface area contributed by atoms with Crippen LogP contribution in [0.2, 0.25) is 0 Å². The van der Waals surface area contributed by atoms with E-state index in [1.165, 1.54) is 12.4 Å². The van der Waals surface area contributed by atoms with Crippen LogP contribution in [0.1, 0.15) is 11.1 Å². The van der Waals surface area contributed by atoms with Crippen molar-refractivity contribution in [1.82, 2.24) is 24.8 Å². The van der Waals surface area contributed by atoms with Gasteiger partial charge >= 0.3 is 0 Å². The highest BCUT2D eigenvalue weighted by Gasteiger charge is 2.16. The molecule has 0 aliphatic carbocycles. The molecule has 0 aliphatic rings. The third-order valence-corrected chi connectivity index (χ3v) is 4.46. The predicted octanol–water partition coefficient (Wildman–Crippen LogP) is 0.284. The zero-order valence-electron chi connectivity index (χ0n) is 12.1. The Labute approximate surface area is 124 Å². The molecule has 0 amide bonds. The van der Waals surface area contributed by atoms with Crippen molar-refractivity contribution >= 4 is 10.0 Å². The van der Waals surface area contributed by atoms with Gasteiger partial charge in [0.1, 0.15) is 4.90 Å². The van der Waals surface area contributed by atoms with Crippen LogP contribution in [0.25, 0.3) is 0 Å². The van der Waals surface area contributed by atoms with Crippen LogP contribution in [-0.4, -0.2) is 36.8 Å². The quantitative estimate of drug-likeness (QED) is 0.767. The Morgan fingerprint density at radius 1 is 1.33 bits per heavy atom. The van der Waals surface area contributed by atoms with Crippen LogP contribution < -0.4 is 10.0 Å². The maximum atomic E-state index is 12.2. The molecule has 21 heavy (non-hydrogen) atoms. The van der Waals surface area contributed by atoms with Gasteiger partial charge in [0.05, 0.1) is 12.7 Å². The summed E-state index contributed by atoms with van der Waals surface area (Å²) in [5.74, 6) is 0. The average molecular weight is 309 g/mol. The average Bonchev–Trinajstić information content (AvgIpc) is 2.94. The molecule has 2 N–H and O–H groups in total. The third-order valence-electron chi connectivity index (χ3n) is 3.10. The van der Waals surface area contributed by atoms with Gasteiger partial charge in [-0.25, -0.2) is 13.1 Å². The molecule has 2 rings (SSSR count). The van der Waals surface area contributed by atoms with Crippen molar-refractivity contribution in [2.75, 3.05) is 13.6 Å². The van der Waals surface area contributed by atoms with Gasteiger partial charge in [-0.1, -0.05) is 0 Å². The highest BCUT2D eigenvalue weighted by molar-refractivity contribution is 7.89. The van der Waals surface area contributed by atoms with Gasteiger partial charge in [0.2, 0.25) is 10.0 Å². The number of hydrogen-bond donors (Lipinski definition) is 2. The van der Waals surface area contributed by atoms with E-state index in [0.29, 0.717) is 6.54 Å². The van der Waals surface area contributed by atoms with Gasteiger partial charge in [-0.3, -0.25) is 9.67 Å². The molecule has 0 aliphatic heterocycles. The Kier molecular flexibility index (Phi) is 5.05. The fourth-order valence-electron chi connectivity index (χ4n) is 1.79. The number of hydrogen-bond acceptors (Lipinski definition) is 5. The Bertz CT molecular complexity index is 696. The number of nitrogens with zero attached hydrogens (tertiary/aromatic N) is 3. The lowest BCUT2D eigenvalue weighted by atomic mass is 10.2. The second-order valence-corrected chi connectivity index (χ2v) is 6.44. The van der Waals surface area contributed by atoms with Crippen LogP contribution in [-0.2, 0) is 23.1 Å². The van der Waals surface area contributed by atoms with E-state index >= 15 is 0 Å². The number of aryl methyl sites for hydroxylation is 1. The van der Waals surface area contributed by atoms with Gasteiger partial charge in [0, 0.05) is 31.7 Å². The van der Waals surface area contributed by atoms with E-state index in [0.717, 1.165) is 17.7 Å². The molecule has 0 bridgehead atoms. The molecule has 2 aromatic heterocycles. The molecule has 0 radical (unpaired) electrons. The standard InChI is InChI=1S/C13H19N5O2S/c1-11-7-15-4-3-12(11)8-17-21(19,20)13-9-16-18(10-13)6-5-14-2/h3-4,7,9-10,14,17H,5-6,8H2,1-2H3. The van der Waals surface area contributed by atoms with Crippen molar-refractivity contribution in [1.29, 1.82) is 0 Å². The maximum Gasteiger partial charge on any atom is 0.243 e. The van der Waals surface area contributed by atoms with Crippen molar-refractivity contribution in [3.05, 3.63) is 42.0 Å². The molecule has 8 heteroatoms. The van der Waals surface area contributed by atoms with Gasteiger partial charge < -0.3 is 5.32 Å². The molecule has 0 fully saturated rings. The lowest BCUT2D eigenvalue weighted by Crippen LogP contribution is -2.23. The van der Waals surface area contributed by atoms with Gasteiger partial charge in [0.25, 0.3) is 0 Å². The van der Waals surface area contributed by atoms with E-state index in [1.54, 1.807) is 23.1 Å². The first kappa shape index (κ1) is 15.6. The number of rotatable bonds is 7. The Morgan fingerprint density at radius 3 is 2.86 bits per heavy atom. The minimum atomic E-state index is -3.55. The van der Waals surface area contributed by atoms with Crippen LogP contribution in [0.5, 0.6) is 0 Å². The second-order valence-electron chi connectivity index (χ2n) is 4.67. The molecule has 7 nitrogen and oxygen atoms in total. The largest absolute Gasteiger partial charge is 0.318 e. The van der Waals surface area contributed by atoms with Crippen LogP contribution >= 0.6 is 0 Å². The van der Waals surface area contributed by atoms with Gasteiger partial charge in [-0.2, -0.15) is 5.10 Å². The zero-order valence-corrected chi connectivity index (χ0v) is 12.9. The van der Waals surface area contributed by atoms with Crippen LogP contribution in [0.15, 0.2) is 35.7 Å². The maximum absolute atomic E-state index is 12.2. The van der Waals surface area contributed by atoms with E-state index in [-0.39, 0.29) is 11.4 Å². The number of sulfonamides is 1. The first-order valence-electron chi connectivity index (χ1n) is 6.59. The molecule has 0 spiro atoms. The summed E-state index contributed by atoms with van der Waals surface area (Å²) in [7, 11) is -1.72. The summed E-state index contributed by atoms with van der Waals surface area (Å²) in [6.07, 6.45) is 6.24. The summed E-state index contributed by atoms with van der Waals surface area (Å²) < 4.78 is 28.6. The van der Waals surface area contributed by atoms with E-state index in [2.05, 4.69) is 20.1 Å². The van der Waals surface area contributed by atoms with Crippen molar-refractivity contribution in [3.8, 4) is 0 Å². The zero-order chi connectivity index (χ0) is 15.3. The number of likely N-dealkylation sites (N-methyl/N-ethyl adjacent to an activating group) is 1. The minimum Gasteiger partial charge on any atom is -0.318 e. The summed E-state index contributed by atoms with van der Waals surface area (Å²) >= 11 is 0. The van der Waals surface area contributed by atoms with Gasteiger partial charge in [0.15, 0.2) is 0 Å². The van der Waals surface area contributed by atoms with E-state index in [1.807, 2.05) is 14.0 Å². The lowest BCUT2D eigenvalue weighted by Gasteiger charge is -2.07. The topological polar surface area (TPSA) is 88.9 Å². The smallest absolute Gasteiger partial charge is 0.243 e. The molecule has 114 valence electrons. The predicted molar refractivity (Wildman–Crippen MR) is 79.2 cm³/mol. The normalized spacial score (nSPS) is 11.7. The van der Waals surface area contributed by atoms with E-state index < -0.39 is 10.0 Å². The Balaban J connectivity index is 2.05. The van der Waals surface area contributed by atoms with Crippen LogP contribution in [0, 0.1) is 6.92 Å². The van der Waals surface area contributed by atoms with Crippen molar-refractivity contribution in [2.24, 2.45) is 0 Å². The van der Waals surface area contributed by atoms with Crippen molar-refractivity contribution < 1.29 is 8.42 Å². The molecule has 2 aromatic rings. The first-order chi connectivity index (χ1) is 10.0. The number of pyridine rings is 1. The third kappa shape index (κ3) is 4.10. The monoisotopic (exact) mass is 309 g/mol. The fourth-order valence-corrected chi connectivity index (χ4v) is 2.75. The van der Waals surface area contributed by atoms with Crippen LogP contribution in [0.4, 0.5) is 0 Å². The summed E-state index contributed by atoms with van der Waals surface area (Å²) in [6, 6.07) is 1.80. The second kappa shape index (κ2) is 6.79. The highest BCUT2D eigenvalue weighted by atomic mass is 32.2. The summed E-state index contributed by atoms with van der Waals surface area (Å²) in [5.41, 5.74) is 1.85. The van der Waals surface area contributed by atoms with Crippen molar-refractivity contribution in [2.45, 2.75) is 24.9 Å². The molecule has 0 atom stereocenters. The Morgan fingerprint density at radius 2 is 2.14 bits per heavy atom. The van der Waals surface area contributed by atoms with Crippen LogP contribution in [0.3, 0.4) is 0 Å². The first-order valence-corrected chi connectivity index (χ1v) is 8.07. The van der Waals surface area contributed by atoms with E-state index in [9.17, 15) is 8.42 Å². The Hall–Kier alpha value is -1.77. The number of nitrogens with one attached hydrogen (secondary N) is 2. The summed E-state index contributed by atoms with van der Waals surface area (Å²) in [4.78, 5) is 4.15.